The Balaban J connectivity index is 2.09. The largest absolute Gasteiger partial charge is 0.284 e. The molecule has 0 radical (unpaired) electrons. The molecule has 0 unspecified atom stereocenters. The molecule has 3 rings (SSSR count). The minimum absolute atomic E-state index is 0.471. The highest BCUT2D eigenvalue weighted by atomic mass is 15.3. The lowest BCUT2D eigenvalue weighted by atomic mass is 10.2. The van der Waals surface area contributed by atoms with Crippen molar-refractivity contribution < 1.29 is 0 Å². The standard InChI is InChI=1S/C16H20N4/c1-4-14(5-2)20-12(3)11-15(18-20)19-10-8-13-7-6-9-17-16(13)19/h6-11,14H,4-5H2,1-3H3. The highest BCUT2D eigenvalue weighted by molar-refractivity contribution is 5.77. The Labute approximate surface area is 119 Å². The van der Waals surface area contributed by atoms with Gasteiger partial charge >= 0.3 is 0 Å². The maximum Gasteiger partial charge on any atom is 0.160 e. The topological polar surface area (TPSA) is 35.6 Å². The van der Waals surface area contributed by atoms with Gasteiger partial charge in [0, 0.05) is 29.5 Å². The number of hydrogen-bond donors (Lipinski definition) is 0. The number of pyridine rings is 1. The van der Waals surface area contributed by atoms with Crippen LogP contribution in [0.5, 0.6) is 0 Å². The van der Waals surface area contributed by atoms with Crippen molar-refractivity contribution in [1.29, 1.82) is 0 Å². The first-order chi connectivity index (χ1) is 9.74. The van der Waals surface area contributed by atoms with Crippen molar-refractivity contribution in [1.82, 2.24) is 19.3 Å². The molecule has 0 aliphatic carbocycles. The van der Waals surface area contributed by atoms with E-state index in [1.807, 2.05) is 18.5 Å². The molecule has 0 aliphatic heterocycles. The highest BCUT2D eigenvalue weighted by Crippen LogP contribution is 2.22. The van der Waals surface area contributed by atoms with Gasteiger partial charge in [0.15, 0.2) is 5.82 Å². The SMILES string of the molecule is CCC(CC)n1nc(-n2ccc3cccnc32)cc1C. The normalized spacial score (nSPS) is 11.6. The van der Waals surface area contributed by atoms with Gasteiger partial charge in [-0.15, -0.1) is 0 Å². The Bertz CT molecular complexity index is 719. The van der Waals surface area contributed by atoms with Gasteiger partial charge in [-0.25, -0.2) is 4.98 Å². The fourth-order valence-corrected chi connectivity index (χ4v) is 2.74. The molecule has 104 valence electrons. The molecule has 0 aromatic carbocycles. The average Bonchev–Trinajstić information content (AvgIpc) is 3.04. The third kappa shape index (κ3) is 2.01. The van der Waals surface area contributed by atoms with Crippen LogP contribution in [0.15, 0.2) is 36.7 Å². The van der Waals surface area contributed by atoms with Crippen molar-refractivity contribution in [2.45, 2.75) is 39.7 Å². The molecule has 0 spiro atoms. The van der Waals surface area contributed by atoms with Crippen LogP contribution < -0.4 is 0 Å². The van der Waals surface area contributed by atoms with E-state index in [0.717, 1.165) is 29.7 Å². The summed E-state index contributed by atoms with van der Waals surface area (Å²) >= 11 is 0. The van der Waals surface area contributed by atoms with Crippen LogP contribution in [0.1, 0.15) is 38.4 Å². The molecule has 0 atom stereocenters. The first-order valence-electron chi connectivity index (χ1n) is 7.23. The van der Waals surface area contributed by atoms with Crippen molar-refractivity contribution in [2.24, 2.45) is 0 Å². The molecule has 3 aromatic rings. The molecule has 0 fully saturated rings. The summed E-state index contributed by atoms with van der Waals surface area (Å²) in [6.45, 7) is 6.54. The lowest BCUT2D eigenvalue weighted by Gasteiger charge is -2.14. The molecule has 4 heteroatoms. The number of aryl methyl sites for hydroxylation is 1. The first kappa shape index (κ1) is 12.9. The molecular weight excluding hydrogens is 248 g/mol. The Morgan fingerprint density at radius 3 is 2.75 bits per heavy atom. The van der Waals surface area contributed by atoms with E-state index >= 15 is 0 Å². The van der Waals surface area contributed by atoms with Crippen molar-refractivity contribution in [3.05, 3.63) is 42.4 Å². The molecule has 0 saturated heterocycles. The number of rotatable bonds is 4. The smallest absolute Gasteiger partial charge is 0.160 e. The molecule has 0 aliphatic rings. The van der Waals surface area contributed by atoms with E-state index in [1.165, 1.54) is 5.69 Å². The minimum atomic E-state index is 0.471. The van der Waals surface area contributed by atoms with E-state index in [4.69, 9.17) is 5.10 Å². The van der Waals surface area contributed by atoms with Gasteiger partial charge in [0.25, 0.3) is 0 Å². The molecule has 0 saturated carbocycles. The van der Waals surface area contributed by atoms with Gasteiger partial charge in [-0.05, 0) is 38.0 Å². The summed E-state index contributed by atoms with van der Waals surface area (Å²) in [4.78, 5) is 4.46. The Kier molecular flexibility index (Phi) is 3.30. The molecule has 4 nitrogen and oxygen atoms in total. The zero-order valence-corrected chi connectivity index (χ0v) is 12.2. The van der Waals surface area contributed by atoms with Crippen LogP contribution in [0.25, 0.3) is 16.9 Å². The molecule has 20 heavy (non-hydrogen) atoms. The summed E-state index contributed by atoms with van der Waals surface area (Å²) in [7, 11) is 0. The second kappa shape index (κ2) is 5.12. The van der Waals surface area contributed by atoms with Crippen molar-refractivity contribution in [2.75, 3.05) is 0 Å². The second-order valence-corrected chi connectivity index (χ2v) is 5.16. The third-order valence-corrected chi connectivity index (χ3v) is 3.89. The predicted octanol–water partition coefficient (Wildman–Crippen LogP) is 3.89. The lowest BCUT2D eigenvalue weighted by molar-refractivity contribution is 0.419. The number of nitrogens with zero attached hydrogens (tertiary/aromatic N) is 4. The summed E-state index contributed by atoms with van der Waals surface area (Å²) in [6, 6.07) is 8.71. The van der Waals surface area contributed by atoms with Gasteiger partial charge in [0.1, 0.15) is 5.65 Å². The van der Waals surface area contributed by atoms with Crippen LogP contribution in [0.3, 0.4) is 0 Å². The van der Waals surface area contributed by atoms with Gasteiger partial charge in [-0.2, -0.15) is 5.10 Å². The highest BCUT2D eigenvalue weighted by Gasteiger charge is 2.14. The fraction of sp³-hybridized carbons (Fsp3) is 0.375. The summed E-state index contributed by atoms with van der Waals surface area (Å²) in [6.07, 6.45) is 6.06. The van der Waals surface area contributed by atoms with E-state index < -0.39 is 0 Å². The van der Waals surface area contributed by atoms with E-state index in [0.29, 0.717) is 6.04 Å². The Hall–Kier alpha value is -2.10. The van der Waals surface area contributed by atoms with Gasteiger partial charge in [0.05, 0.1) is 6.04 Å². The Morgan fingerprint density at radius 2 is 2.00 bits per heavy atom. The van der Waals surface area contributed by atoms with Crippen LogP contribution in [-0.2, 0) is 0 Å². The molecule has 0 amide bonds. The van der Waals surface area contributed by atoms with Gasteiger partial charge in [0.2, 0.25) is 0 Å². The number of hydrogen-bond acceptors (Lipinski definition) is 2. The molecule has 0 bridgehead atoms. The average molecular weight is 268 g/mol. The van der Waals surface area contributed by atoms with E-state index in [2.05, 4.69) is 53.2 Å². The van der Waals surface area contributed by atoms with Crippen LogP contribution in [0, 0.1) is 6.92 Å². The first-order valence-corrected chi connectivity index (χ1v) is 7.23. The van der Waals surface area contributed by atoms with E-state index in [-0.39, 0.29) is 0 Å². The zero-order chi connectivity index (χ0) is 14.1. The minimum Gasteiger partial charge on any atom is -0.284 e. The third-order valence-electron chi connectivity index (χ3n) is 3.89. The predicted molar refractivity (Wildman–Crippen MR) is 81.2 cm³/mol. The maximum absolute atomic E-state index is 4.78. The molecule has 3 heterocycles. The molecule has 0 N–H and O–H groups in total. The monoisotopic (exact) mass is 268 g/mol. The van der Waals surface area contributed by atoms with Gasteiger partial charge in [-0.1, -0.05) is 13.8 Å². The van der Waals surface area contributed by atoms with Crippen LogP contribution >= 0.6 is 0 Å². The Morgan fingerprint density at radius 1 is 1.20 bits per heavy atom. The number of aromatic nitrogens is 4. The van der Waals surface area contributed by atoms with Crippen LogP contribution in [-0.4, -0.2) is 19.3 Å². The molecular formula is C16H20N4. The number of fused-ring (bicyclic) bond motifs is 1. The van der Waals surface area contributed by atoms with Crippen molar-refractivity contribution in [3.8, 4) is 5.82 Å². The van der Waals surface area contributed by atoms with Gasteiger partial charge in [-0.3, -0.25) is 9.25 Å². The maximum atomic E-state index is 4.78. The summed E-state index contributed by atoms with van der Waals surface area (Å²) in [5.74, 6) is 0.947. The molecule has 3 aromatic heterocycles. The van der Waals surface area contributed by atoms with Crippen molar-refractivity contribution in [3.63, 3.8) is 0 Å². The summed E-state index contributed by atoms with van der Waals surface area (Å²) in [5, 5.41) is 5.92. The summed E-state index contributed by atoms with van der Waals surface area (Å²) < 4.78 is 4.20. The van der Waals surface area contributed by atoms with Crippen LogP contribution in [0.2, 0.25) is 0 Å². The lowest BCUT2D eigenvalue weighted by Crippen LogP contribution is -2.10. The van der Waals surface area contributed by atoms with Crippen LogP contribution in [0.4, 0.5) is 0 Å². The second-order valence-electron chi connectivity index (χ2n) is 5.16. The van der Waals surface area contributed by atoms with Gasteiger partial charge < -0.3 is 0 Å². The van der Waals surface area contributed by atoms with E-state index in [9.17, 15) is 0 Å². The van der Waals surface area contributed by atoms with Crippen molar-refractivity contribution >= 4 is 11.0 Å². The zero-order valence-electron chi connectivity index (χ0n) is 12.2. The summed E-state index contributed by atoms with van der Waals surface area (Å²) in [5.41, 5.74) is 2.16. The quantitative estimate of drug-likeness (QED) is 0.719. The fourth-order valence-electron chi connectivity index (χ4n) is 2.74. The van der Waals surface area contributed by atoms with E-state index in [1.54, 1.807) is 0 Å².